The minimum atomic E-state index is 0.527. The molecule has 0 N–H and O–H groups in total. The monoisotopic (exact) mass is 256 g/mol. The van der Waals surface area contributed by atoms with Crippen LogP contribution in [0.2, 0.25) is 0 Å². The lowest BCUT2D eigenvalue weighted by Crippen LogP contribution is -1.96. The van der Waals surface area contributed by atoms with Crippen molar-refractivity contribution < 1.29 is 0 Å². The third kappa shape index (κ3) is 2.89. The van der Waals surface area contributed by atoms with Crippen LogP contribution in [0.5, 0.6) is 0 Å². The molecule has 0 radical (unpaired) electrons. The molecule has 0 saturated carbocycles. The van der Waals surface area contributed by atoms with Crippen LogP contribution in [-0.4, -0.2) is 9.78 Å². The Bertz CT molecular complexity index is 533. The summed E-state index contributed by atoms with van der Waals surface area (Å²) in [5.41, 5.74) is 5.08. The lowest BCUT2D eigenvalue weighted by molar-refractivity contribution is 0.827. The summed E-state index contributed by atoms with van der Waals surface area (Å²) in [5.74, 6) is 1.10. The van der Waals surface area contributed by atoms with Crippen LogP contribution in [0.3, 0.4) is 0 Å². The molecule has 2 nitrogen and oxygen atoms in total. The van der Waals surface area contributed by atoms with E-state index >= 15 is 0 Å². The zero-order chi connectivity index (χ0) is 14.0. The molecule has 0 aliphatic rings. The number of hydrogen-bond acceptors (Lipinski definition) is 1. The maximum absolute atomic E-state index is 4.71. The molecule has 2 heteroatoms. The molecular weight excluding hydrogens is 232 g/mol. The molecule has 1 aromatic carbocycles. The highest BCUT2D eigenvalue weighted by Gasteiger charge is 2.11. The third-order valence-corrected chi connectivity index (χ3v) is 3.60. The molecule has 0 aliphatic carbocycles. The molecule has 0 bridgehead atoms. The van der Waals surface area contributed by atoms with E-state index in [1.54, 1.807) is 0 Å². The molecule has 0 spiro atoms. The maximum Gasteiger partial charge on any atom is 0.0660 e. The first-order valence-corrected chi connectivity index (χ1v) is 7.21. The van der Waals surface area contributed by atoms with Crippen molar-refractivity contribution in [1.82, 2.24) is 9.78 Å². The van der Waals surface area contributed by atoms with Gasteiger partial charge in [-0.3, -0.25) is 0 Å². The van der Waals surface area contributed by atoms with E-state index in [0.29, 0.717) is 11.8 Å². The van der Waals surface area contributed by atoms with Gasteiger partial charge in [0.1, 0.15) is 0 Å². The summed E-state index contributed by atoms with van der Waals surface area (Å²) >= 11 is 0. The molecule has 2 aromatic rings. The highest BCUT2D eigenvalue weighted by molar-refractivity contribution is 5.37. The Labute approximate surface area is 116 Å². The number of benzene rings is 1. The zero-order valence-electron chi connectivity index (χ0n) is 12.6. The molecule has 0 saturated heterocycles. The van der Waals surface area contributed by atoms with E-state index in [1.807, 2.05) is 4.68 Å². The Kier molecular flexibility index (Phi) is 4.08. The van der Waals surface area contributed by atoms with Gasteiger partial charge >= 0.3 is 0 Å². The summed E-state index contributed by atoms with van der Waals surface area (Å²) in [6, 6.07) is 8.71. The average Bonchev–Trinajstić information content (AvgIpc) is 2.83. The van der Waals surface area contributed by atoms with E-state index in [2.05, 4.69) is 65.1 Å². The molecule has 2 rings (SSSR count). The molecule has 102 valence electrons. The highest BCUT2D eigenvalue weighted by Crippen LogP contribution is 2.22. The summed E-state index contributed by atoms with van der Waals surface area (Å²) < 4.78 is 2.01. The molecule has 1 aromatic heterocycles. The minimum absolute atomic E-state index is 0.527. The number of rotatable bonds is 4. The second kappa shape index (κ2) is 5.60. The first-order chi connectivity index (χ1) is 9.02. The van der Waals surface area contributed by atoms with Gasteiger partial charge in [-0.05, 0) is 41.5 Å². The van der Waals surface area contributed by atoms with Crippen molar-refractivity contribution >= 4 is 0 Å². The number of hydrogen-bond donors (Lipinski definition) is 0. The van der Waals surface area contributed by atoms with Gasteiger partial charge in [-0.25, -0.2) is 4.68 Å². The molecule has 0 unspecified atom stereocenters. The lowest BCUT2D eigenvalue weighted by Gasteiger charge is -2.06. The largest absolute Gasteiger partial charge is 0.240 e. The van der Waals surface area contributed by atoms with E-state index < -0.39 is 0 Å². The van der Waals surface area contributed by atoms with Crippen LogP contribution in [0.1, 0.15) is 63.3 Å². The van der Waals surface area contributed by atoms with E-state index in [4.69, 9.17) is 5.10 Å². The second-order valence-electron chi connectivity index (χ2n) is 5.73. The lowest BCUT2D eigenvalue weighted by atomic mass is 10.0. The van der Waals surface area contributed by atoms with Crippen molar-refractivity contribution in [3.05, 3.63) is 47.3 Å². The van der Waals surface area contributed by atoms with E-state index in [0.717, 1.165) is 12.1 Å². The van der Waals surface area contributed by atoms with Crippen LogP contribution >= 0.6 is 0 Å². The molecule has 0 aliphatic heterocycles. The topological polar surface area (TPSA) is 17.8 Å². The smallest absolute Gasteiger partial charge is 0.0660 e. The van der Waals surface area contributed by atoms with Gasteiger partial charge in [0.15, 0.2) is 0 Å². The summed E-state index contributed by atoms with van der Waals surface area (Å²) in [6.07, 6.45) is 3.17. The fraction of sp³-hybridized carbons (Fsp3) is 0.471. The van der Waals surface area contributed by atoms with Crippen LogP contribution < -0.4 is 0 Å². The molecule has 19 heavy (non-hydrogen) atoms. The normalized spacial score (nSPS) is 11.5. The van der Waals surface area contributed by atoms with Crippen LogP contribution in [-0.2, 0) is 6.42 Å². The van der Waals surface area contributed by atoms with Gasteiger partial charge in [0, 0.05) is 6.20 Å². The Morgan fingerprint density at radius 1 is 1.00 bits per heavy atom. The molecule has 0 fully saturated rings. The van der Waals surface area contributed by atoms with Gasteiger partial charge in [0.05, 0.1) is 11.4 Å². The van der Waals surface area contributed by atoms with Crippen molar-refractivity contribution in [2.45, 2.75) is 52.9 Å². The van der Waals surface area contributed by atoms with Crippen LogP contribution in [0.15, 0.2) is 30.5 Å². The van der Waals surface area contributed by atoms with Crippen LogP contribution in [0.4, 0.5) is 0 Å². The standard InChI is InChI=1S/C17H24N2/c1-6-17-16(13(4)5)11-19(18-17)15-9-7-14(8-10-15)12(2)3/h7-13H,6H2,1-5H3. The Hall–Kier alpha value is -1.57. The van der Waals surface area contributed by atoms with Gasteiger partial charge in [-0.1, -0.05) is 46.8 Å². The van der Waals surface area contributed by atoms with Crippen molar-refractivity contribution in [1.29, 1.82) is 0 Å². The van der Waals surface area contributed by atoms with Crippen molar-refractivity contribution in [3.63, 3.8) is 0 Å². The predicted molar refractivity (Wildman–Crippen MR) is 81.1 cm³/mol. The molecule has 0 amide bonds. The van der Waals surface area contributed by atoms with Crippen molar-refractivity contribution in [3.8, 4) is 5.69 Å². The van der Waals surface area contributed by atoms with Gasteiger partial charge < -0.3 is 0 Å². The summed E-state index contributed by atoms with van der Waals surface area (Å²) in [5, 5.41) is 4.71. The fourth-order valence-electron chi connectivity index (χ4n) is 2.32. The predicted octanol–water partition coefficient (Wildman–Crippen LogP) is 4.68. The number of aryl methyl sites for hydroxylation is 1. The Morgan fingerprint density at radius 2 is 1.63 bits per heavy atom. The van der Waals surface area contributed by atoms with Crippen molar-refractivity contribution in [2.75, 3.05) is 0 Å². The van der Waals surface area contributed by atoms with E-state index in [1.165, 1.54) is 16.8 Å². The number of aromatic nitrogens is 2. The van der Waals surface area contributed by atoms with E-state index in [-0.39, 0.29) is 0 Å². The quantitative estimate of drug-likeness (QED) is 0.776. The van der Waals surface area contributed by atoms with Gasteiger partial charge in [0.2, 0.25) is 0 Å². The second-order valence-corrected chi connectivity index (χ2v) is 5.73. The molecular formula is C17H24N2. The number of nitrogens with zero attached hydrogens (tertiary/aromatic N) is 2. The molecule has 1 heterocycles. The minimum Gasteiger partial charge on any atom is -0.240 e. The molecule has 0 atom stereocenters. The fourth-order valence-corrected chi connectivity index (χ4v) is 2.32. The first kappa shape index (κ1) is 13.9. The van der Waals surface area contributed by atoms with Crippen molar-refractivity contribution in [2.24, 2.45) is 0 Å². The SMILES string of the molecule is CCc1nn(-c2ccc(C(C)C)cc2)cc1C(C)C. The summed E-state index contributed by atoms with van der Waals surface area (Å²) in [6.45, 7) is 11.1. The van der Waals surface area contributed by atoms with E-state index in [9.17, 15) is 0 Å². The maximum atomic E-state index is 4.71. The Balaban J connectivity index is 2.36. The third-order valence-electron chi connectivity index (χ3n) is 3.60. The Morgan fingerprint density at radius 3 is 2.05 bits per heavy atom. The summed E-state index contributed by atoms with van der Waals surface area (Å²) in [7, 11) is 0. The highest BCUT2D eigenvalue weighted by atomic mass is 15.3. The first-order valence-electron chi connectivity index (χ1n) is 7.21. The van der Waals surface area contributed by atoms with Gasteiger partial charge in [-0.15, -0.1) is 0 Å². The van der Waals surface area contributed by atoms with Crippen LogP contribution in [0.25, 0.3) is 5.69 Å². The van der Waals surface area contributed by atoms with Crippen LogP contribution in [0, 0.1) is 0 Å². The van der Waals surface area contributed by atoms with Gasteiger partial charge in [0.25, 0.3) is 0 Å². The average molecular weight is 256 g/mol. The summed E-state index contributed by atoms with van der Waals surface area (Å²) in [4.78, 5) is 0. The van der Waals surface area contributed by atoms with Gasteiger partial charge in [-0.2, -0.15) is 5.10 Å². The zero-order valence-corrected chi connectivity index (χ0v) is 12.6.